The molecular formula is C7H6O4. The van der Waals surface area contributed by atoms with E-state index in [2.05, 4.69) is 4.74 Å². The third kappa shape index (κ3) is 1.73. The van der Waals surface area contributed by atoms with Crippen molar-refractivity contribution in [2.75, 3.05) is 0 Å². The molecule has 0 radical (unpaired) electrons. The molecule has 11 heavy (non-hydrogen) atoms. The lowest BCUT2D eigenvalue weighted by Crippen LogP contribution is -2.04. The van der Waals surface area contributed by atoms with Crippen LogP contribution in [0.2, 0.25) is 0 Å². The van der Waals surface area contributed by atoms with Crippen molar-refractivity contribution in [3.8, 4) is 0 Å². The molecule has 0 aromatic rings. The third-order valence-corrected chi connectivity index (χ3v) is 1.16. The van der Waals surface area contributed by atoms with Crippen LogP contribution in [0.15, 0.2) is 11.8 Å². The number of allylic oxidation sites excluding steroid dienone is 2. The zero-order valence-electron chi connectivity index (χ0n) is 5.92. The summed E-state index contributed by atoms with van der Waals surface area (Å²) in [6, 6.07) is 0. The lowest BCUT2D eigenvalue weighted by atomic mass is 10.3. The van der Waals surface area contributed by atoms with Crippen LogP contribution in [0, 0.1) is 0 Å². The number of ether oxygens (including phenoxy) is 1. The van der Waals surface area contributed by atoms with E-state index in [-0.39, 0.29) is 18.0 Å². The van der Waals surface area contributed by atoms with Crippen LogP contribution < -0.4 is 0 Å². The Labute approximate surface area is 62.8 Å². The number of ketones is 2. The van der Waals surface area contributed by atoms with Gasteiger partial charge < -0.3 is 4.74 Å². The van der Waals surface area contributed by atoms with E-state index in [0.29, 0.717) is 0 Å². The van der Waals surface area contributed by atoms with Gasteiger partial charge in [0, 0.05) is 13.0 Å². The third-order valence-electron chi connectivity index (χ3n) is 1.16. The molecule has 0 bridgehead atoms. The highest BCUT2D eigenvalue weighted by Gasteiger charge is 2.24. The van der Waals surface area contributed by atoms with Crippen molar-refractivity contribution >= 4 is 17.5 Å². The normalized spacial score (nSPS) is 16.6. The van der Waals surface area contributed by atoms with Crippen LogP contribution in [0.25, 0.3) is 0 Å². The summed E-state index contributed by atoms with van der Waals surface area (Å²) >= 11 is 0. The molecule has 0 atom stereocenters. The first-order chi connectivity index (χ1) is 5.09. The van der Waals surface area contributed by atoms with Gasteiger partial charge in [-0.1, -0.05) is 0 Å². The van der Waals surface area contributed by atoms with E-state index in [1.54, 1.807) is 0 Å². The second-order valence-electron chi connectivity index (χ2n) is 2.17. The molecule has 0 N–H and O–H groups in total. The molecule has 4 nitrogen and oxygen atoms in total. The maximum Gasteiger partial charge on any atom is 0.308 e. The summed E-state index contributed by atoms with van der Waals surface area (Å²) in [6.07, 6.45) is 0.867. The second-order valence-corrected chi connectivity index (χ2v) is 2.17. The topological polar surface area (TPSA) is 60.4 Å². The van der Waals surface area contributed by atoms with Gasteiger partial charge in [-0.3, -0.25) is 14.4 Å². The number of Topliss-reactive ketones (excluding diaryl/α,β-unsaturated/α-hetero) is 1. The predicted molar refractivity (Wildman–Crippen MR) is 34.5 cm³/mol. The maximum atomic E-state index is 10.8. The van der Waals surface area contributed by atoms with Crippen molar-refractivity contribution in [2.45, 2.75) is 13.3 Å². The lowest BCUT2D eigenvalue weighted by Gasteiger charge is -1.96. The minimum atomic E-state index is -0.584. The van der Waals surface area contributed by atoms with Crippen LogP contribution in [-0.4, -0.2) is 17.5 Å². The van der Waals surface area contributed by atoms with Crippen LogP contribution in [0.1, 0.15) is 13.3 Å². The average Bonchev–Trinajstić information content (AvgIpc) is 2.09. The molecule has 0 unspecified atom stereocenters. The van der Waals surface area contributed by atoms with Gasteiger partial charge in [0.2, 0.25) is 5.78 Å². The summed E-state index contributed by atoms with van der Waals surface area (Å²) < 4.78 is 4.45. The van der Waals surface area contributed by atoms with Crippen LogP contribution in [0.4, 0.5) is 0 Å². The lowest BCUT2D eigenvalue weighted by molar-refractivity contribution is -0.140. The zero-order chi connectivity index (χ0) is 8.43. The average molecular weight is 154 g/mol. The quantitative estimate of drug-likeness (QED) is 0.393. The summed E-state index contributed by atoms with van der Waals surface area (Å²) in [5.41, 5.74) is 0. The van der Waals surface area contributed by atoms with Gasteiger partial charge >= 0.3 is 5.97 Å². The summed E-state index contributed by atoms with van der Waals surface area (Å²) in [6.45, 7) is 1.18. The van der Waals surface area contributed by atoms with Crippen LogP contribution in [0.3, 0.4) is 0 Å². The molecule has 1 rings (SSSR count). The Balaban J connectivity index is 2.72. The Morgan fingerprint density at radius 1 is 1.55 bits per heavy atom. The first-order valence-electron chi connectivity index (χ1n) is 3.06. The number of hydrogen-bond donors (Lipinski definition) is 0. The molecule has 0 fully saturated rings. The van der Waals surface area contributed by atoms with Gasteiger partial charge in [-0.05, 0) is 0 Å². The molecule has 0 aliphatic heterocycles. The number of rotatable bonds is 1. The van der Waals surface area contributed by atoms with Crippen LogP contribution in [0.5, 0.6) is 0 Å². The van der Waals surface area contributed by atoms with E-state index in [1.165, 1.54) is 6.92 Å². The van der Waals surface area contributed by atoms with Gasteiger partial charge in [0.25, 0.3) is 0 Å². The molecule has 4 heteroatoms. The molecule has 1 aliphatic carbocycles. The first-order valence-corrected chi connectivity index (χ1v) is 3.06. The number of hydrogen-bond acceptors (Lipinski definition) is 4. The highest BCUT2D eigenvalue weighted by Crippen LogP contribution is 2.11. The molecule has 0 amide bonds. The highest BCUT2D eigenvalue weighted by atomic mass is 16.5. The molecule has 0 spiro atoms. The predicted octanol–water partition coefficient (Wildman–Crippen LogP) is -0.0247. The van der Waals surface area contributed by atoms with Gasteiger partial charge in [0.05, 0.1) is 6.42 Å². The van der Waals surface area contributed by atoms with Crippen molar-refractivity contribution in [3.63, 3.8) is 0 Å². The molecule has 58 valence electrons. The van der Waals surface area contributed by atoms with Gasteiger partial charge in [-0.2, -0.15) is 0 Å². The van der Waals surface area contributed by atoms with Gasteiger partial charge in [0.1, 0.15) is 0 Å². The summed E-state index contributed by atoms with van der Waals surface area (Å²) in [5.74, 6) is -1.46. The number of esters is 1. The Morgan fingerprint density at radius 3 is 2.55 bits per heavy atom. The molecule has 1 aliphatic rings. The minimum absolute atomic E-state index is 0.137. The molecular weight excluding hydrogens is 148 g/mol. The van der Waals surface area contributed by atoms with Crippen molar-refractivity contribution in [1.29, 1.82) is 0 Å². The van der Waals surface area contributed by atoms with Gasteiger partial charge in [-0.25, -0.2) is 0 Å². The van der Waals surface area contributed by atoms with E-state index < -0.39 is 11.8 Å². The molecule has 0 saturated carbocycles. The Hall–Kier alpha value is -1.45. The summed E-state index contributed by atoms with van der Waals surface area (Å²) in [7, 11) is 0. The van der Waals surface area contributed by atoms with Crippen molar-refractivity contribution in [1.82, 2.24) is 0 Å². The van der Waals surface area contributed by atoms with Crippen molar-refractivity contribution in [3.05, 3.63) is 11.8 Å². The van der Waals surface area contributed by atoms with Gasteiger partial charge in [-0.15, -0.1) is 0 Å². The van der Waals surface area contributed by atoms with Crippen LogP contribution in [-0.2, 0) is 19.1 Å². The smallest absolute Gasteiger partial charge is 0.308 e. The summed E-state index contributed by atoms with van der Waals surface area (Å²) in [5, 5.41) is 0. The first kappa shape index (κ1) is 7.65. The number of carbonyl (C=O) groups is 3. The minimum Gasteiger partial charge on any atom is -0.423 e. The highest BCUT2D eigenvalue weighted by molar-refractivity contribution is 6.18. The fourth-order valence-electron chi connectivity index (χ4n) is 0.764. The fourth-order valence-corrected chi connectivity index (χ4v) is 0.764. The van der Waals surface area contributed by atoms with E-state index in [0.717, 1.165) is 6.08 Å². The second kappa shape index (κ2) is 2.65. The van der Waals surface area contributed by atoms with E-state index in [1.807, 2.05) is 0 Å². The van der Waals surface area contributed by atoms with Crippen molar-refractivity contribution in [2.24, 2.45) is 0 Å². The Kier molecular flexibility index (Phi) is 1.85. The molecule has 0 aromatic heterocycles. The van der Waals surface area contributed by atoms with Gasteiger partial charge in [0.15, 0.2) is 11.5 Å². The van der Waals surface area contributed by atoms with Crippen molar-refractivity contribution < 1.29 is 19.1 Å². The monoisotopic (exact) mass is 154 g/mol. The molecule has 0 heterocycles. The Morgan fingerprint density at radius 2 is 2.18 bits per heavy atom. The largest absolute Gasteiger partial charge is 0.423 e. The van der Waals surface area contributed by atoms with E-state index >= 15 is 0 Å². The standard InChI is InChI=1S/C7H6O4/c1-4(8)11-7-3-5(9)2-6(7)10/h3H,2H2,1H3. The maximum absolute atomic E-state index is 10.8. The van der Waals surface area contributed by atoms with Crippen LogP contribution >= 0.6 is 0 Å². The SMILES string of the molecule is CC(=O)OC1=CC(=O)CC1=O. The molecule has 0 saturated heterocycles. The van der Waals surface area contributed by atoms with E-state index in [9.17, 15) is 14.4 Å². The van der Waals surface area contributed by atoms with E-state index in [4.69, 9.17) is 0 Å². The fraction of sp³-hybridized carbons (Fsp3) is 0.286. The Bertz CT molecular complexity index is 262. The molecule has 0 aromatic carbocycles. The number of carbonyl (C=O) groups excluding carboxylic acids is 3. The summed E-state index contributed by atoms with van der Waals surface area (Å²) in [4.78, 5) is 31.6. The zero-order valence-corrected chi connectivity index (χ0v) is 5.92.